The fourth-order valence-corrected chi connectivity index (χ4v) is 4.89. The standard InChI is InChI=1S/C32H31N5O4/c1-20-9-14-26(27-8-3-2-7-25(20)27)21-10-12-22(13-11-21)28(18-30(39)40)37-29(38)19-35-31(41)23-5-4-6-24(17-23)36-32-33-15-16-34-32/h2-14,17,28H,15-16,18-19H2,1H3,(H,35,41)(H,37,38)(H,39,40)(H2,33,34,36). The van der Waals surface area contributed by atoms with E-state index in [1.54, 1.807) is 18.2 Å². The highest BCUT2D eigenvalue weighted by Crippen LogP contribution is 2.31. The highest BCUT2D eigenvalue weighted by atomic mass is 16.4. The van der Waals surface area contributed by atoms with Crippen molar-refractivity contribution in [1.29, 1.82) is 0 Å². The lowest BCUT2D eigenvalue weighted by molar-refractivity contribution is -0.137. The van der Waals surface area contributed by atoms with E-state index in [9.17, 15) is 19.5 Å². The molecule has 9 heteroatoms. The summed E-state index contributed by atoms with van der Waals surface area (Å²) < 4.78 is 0. The zero-order chi connectivity index (χ0) is 28.8. The quantitative estimate of drug-likeness (QED) is 0.212. The molecule has 208 valence electrons. The Labute approximate surface area is 237 Å². The summed E-state index contributed by atoms with van der Waals surface area (Å²) in [4.78, 5) is 41.3. The average molecular weight is 550 g/mol. The Morgan fingerprint density at radius 2 is 1.73 bits per heavy atom. The first-order chi connectivity index (χ1) is 19.9. The lowest BCUT2D eigenvalue weighted by atomic mass is 9.94. The predicted octanol–water partition coefficient (Wildman–Crippen LogP) is 4.25. The number of amides is 2. The minimum absolute atomic E-state index is 0.294. The molecule has 1 unspecified atom stereocenters. The van der Waals surface area contributed by atoms with Gasteiger partial charge in [-0.15, -0.1) is 0 Å². The number of benzene rings is 4. The lowest BCUT2D eigenvalue weighted by Gasteiger charge is -2.18. The van der Waals surface area contributed by atoms with Gasteiger partial charge >= 0.3 is 5.97 Å². The Balaban J connectivity index is 1.24. The van der Waals surface area contributed by atoms with Crippen LogP contribution >= 0.6 is 0 Å². The van der Waals surface area contributed by atoms with Crippen LogP contribution in [-0.2, 0) is 9.59 Å². The second kappa shape index (κ2) is 12.3. The van der Waals surface area contributed by atoms with Crippen LogP contribution in [0.3, 0.4) is 0 Å². The van der Waals surface area contributed by atoms with Crippen molar-refractivity contribution in [1.82, 2.24) is 16.0 Å². The van der Waals surface area contributed by atoms with Crippen molar-refractivity contribution in [2.75, 3.05) is 25.0 Å². The Bertz CT molecular complexity index is 1630. The number of aliphatic imine (C=N–C) groups is 1. The Morgan fingerprint density at radius 3 is 2.46 bits per heavy atom. The third-order valence-electron chi connectivity index (χ3n) is 6.95. The second-order valence-electron chi connectivity index (χ2n) is 9.86. The summed E-state index contributed by atoms with van der Waals surface area (Å²) in [6.07, 6.45) is -0.294. The van der Waals surface area contributed by atoms with Crippen LogP contribution in [0.1, 0.15) is 33.9 Å². The molecule has 0 aliphatic carbocycles. The second-order valence-corrected chi connectivity index (χ2v) is 9.86. The summed E-state index contributed by atoms with van der Waals surface area (Å²) >= 11 is 0. The Hall–Kier alpha value is -5.18. The number of guanidine groups is 1. The Morgan fingerprint density at radius 1 is 0.951 bits per heavy atom. The molecule has 2 amide bonds. The van der Waals surface area contributed by atoms with Crippen LogP contribution in [0.25, 0.3) is 21.9 Å². The van der Waals surface area contributed by atoms with Gasteiger partial charge in [0.05, 0.1) is 25.6 Å². The lowest BCUT2D eigenvalue weighted by Crippen LogP contribution is -2.39. The third kappa shape index (κ3) is 6.70. The first-order valence-corrected chi connectivity index (χ1v) is 13.4. The Kier molecular flexibility index (Phi) is 8.24. The molecule has 1 atom stereocenters. The van der Waals surface area contributed by atoms with Gasteiger partial charge in [0.25, 0.3) is 5.91 Å². The maximum absolute atomic E-state index is 12.8. The number of hydrogen-bond donors (Lipinski definition) is 5. The maximum Gasteiger partial charge on any atom is 0.305 e. The van der Waals surface area contributed by atoms with Crippen molar-refractivity contribution in [2.24, 2.45) is 4.99 Å². The number of aryl methyl sites for hydroxylation is 1. The SMILES string of the molecule is Cc1ccc(-c2ccc(C(CC(=O)O)NC(=O)CNC(=O)c3cccc(NC4=NCCN4)c3)cc2)c2ccccc12. The van der Waals surface area contributed by atoms with Crippen LogP contribution < -0.4 is 21.3 Å². The highest BCUT2D eigenvalue weighted by molar-refractivity contribution is 6.00. The van der Waals surface area contributed by atoms with Crippen molar-refractivity contribution in [3.8, 4) is 11.1 Å². The molecular formula is C32H31N5O4. The molecule has 0 saturated carbocycles. The van der Waals surface area contributed by atoms with Crippen LogP contribution in [0.5, 0.6) is 0 Å². The summed E-state index contributed by atoms with van der Waals surface area (Å²) in [5.74, 6) is -1.31. The van der Waals surface area contributed by atoms with Crippen LogP contribution in [0.2, 0.25) is 0 Å². The number of rotatable bonds is 9. The largest absolute Gasteiger partial charge is 0.481 e. The van der Waals surface area contributed by atoms with Crippen LogP contribution in [0.4, 0.5) is 5.69 Å². The molecule has 5 rings (SSSR count). The summed E-state index contributed by atoms with van der Waals surface area (Å²) in [6.45, 7) is 3.23. The number of carboxylic acids is 1. The predicted molar refractivity (Wildman–Crippen MR) is 160 cm³/mol. The molecule has 1 aliphatic rings. The van der Waals surface area contributed by atoms with Crippen molar-refractivity contribution in [2.45, 2.75) is 19.4 Å². The zero-order valence-corrected chi connectivity index (χ0v) is 22.6. The van der Waals surface area contributed by atoms with Gasteiger partial charge in [-0.1, -0.05) is 66.7 Å². The topological polar surface area (TPSA) is 132 Å². The molecule has 1 heterocycles. The maximum atomic E-state index is 12.8. The van der Waals surface area contributed by atoms with Gasteiger partial charge in [-0.25, -0.2) is 0 Å². The molecule has 4 aromatic rings. The normalized spacial score (nSPS) is 13.1. The number of nitrogens with one attached hydrogen (secondary N) is 4. The minimum atomic E-state index is -1.04. The number of aliphatic carboxylic acids is 1. The van der Waals surface area contributed by atoms with E-state index in [0.717, 1.165) is 23.1 Å². The molecule has 0 radical (unpaired) electrons. The van der Waals surface area contributed by atoms with Crippen molar-refractivity contribution >= 4 is 40.2 Å². The van der Waals surface area contributed by atoms with Gasteiger partial charge in [-0.05, 0) is 58.1 Å². The van der Waals surface area contributed by atoms with Crippen LogP contribution in [-0.4, -0.2) is 48.5 Å². The average Bonchev–Trinajstić information content (AvgIpc) is 3.49. The number of anilines is 1. The van der Waals surface area contributed by atoms with Gasteiger partial charge in [0.15, 0.2) is 5.96 Å². The molecule has 0 fully saturated rings. The van der Waals surface area contributed by atoms with Gasteiger partial charge < -0.3 is 26.4 Å². The van der Waals surface area contributed by atoms with Gasteiger partial charge in [0, 0.05) is 17.8 Å². The molecule has 5 N–H and O–H groups in total. The van der Waals surface area contributed by atoms with E-state index in [4.69, 9.17) is 0 Å². The molecule has 0 spiro atoms. The molecule has 0 aromatic heterocycles. The van der Waals surface area contributed by atoms with Crippen molar-refractivity contribution < 1.29 is 19.5 Å². The van der Waals surface area contributed by atoms with E-state index in [2.05, 4.69) is 57.4 Å². The van der Waals surface area contributed by atoms with E-state index >= 15 is 0 Å². The number of hydrogen-bond acceptors (Lipinski definition) is 6. The van der Waals surface area contributed by atoms with E-state index in [1.165, 1.54) is 10.9 Å². The van der Waals surface area contributed by atoms with Gasteiger partial charge in [0.1, 0.15) is 0 Å². The zero-order valence-electron chi connectivity index (χ0n) is 22.6. The molecule has 0 saturated heterocycles. The summed E-state index contributed by atoms with van der Waals surface area (Å²) in [6, 6.07) is 26.0. The number of carbonyl (C=O) groups is 3. The summed E-state index contributed by atoms with van der Waals surface area (Å²) in [5, 5.41) is 23.4. The fraction of sp³-hybridized carbons (Fsp3) is 0.188. The van der Waals surface area contributed by atoms with E-state index in [1.807, 2.05) is 42.5 Å². The van der Waals surface area contributed by atoms with Gasteiger partial charge in [-0.2, -0.15) is 0 Å². The molecule has 41 heavy (non-hydrogen) atoms. The molecule has 4 aromatic carbocycles. The minimum Gasteiger partial charge on any atom is -0.481 e. The van der Waals surface area contributed by atoms with Crippen molar-refractivity contribution in [3.63, 3.8) is 0 Å². The number of fused-ring (bicyclic) bond motifs is 1. The summed E-state index contributed by atoms with van der Waals surface area (Å²) in [7, 11) is 0. The molecule has 0 bridgehead atoms. The van der Waals surface area contributed by atoms with Crippen LogP contribution in [0.15, 0.2) is 89.9 Å². The third-order valence-corrected chi connectivity index (χ3v) is 6.95. The molecule has 1 aliphatic heterocycles. The van der Waals surface area contributed by atoms with Gasteiger partial charge in [0.2, 0.25) is 5.91 Å². The summed E-state index contributed by atoms with van der Waals surface area (Å²) in [5.41, 5.74) is 4.99. The molecular weight excluding hydrogens is 518 g/mol. The van der Waals surface area contributed by atoms with Crippen molar-refractivity contribution in [3.05, 3.63) is 102 Å². The first kappa shape index (κ1) is 27.4. The first-order valence-electron chi connectivity index (χ1n) is 13.4. The number of carboxylic acid groups (broad SMARTS) is 1. The van der Waals surface area contributed by atoms with Crippen LogP contribution in [0, 0.1) is 6.92 Å². The molecule has 9 nitrogen and oxygen atoms in total. The van der Waals surface area contributed by atoms with Gasteiger partial charge in [-0.3, -0.25) is 19.4 Å². The smallest absolute Gasteiger partial charge is 0.305 e. The van der Waals surface area contributed by atoms with E-state index in [-0.39, 0.29) is 13.0 Å². The highest BCUT2D eigenvalue weighted by Gasteiger charge is 2.19. The number of nitrogens with zero attached hydrogens (tertiary/aromatic N) is 1. The number of carbonyl (C=O) groups excluding carboxylic acids is 2. The van der Waals surface area contributed by atoms with E-state index < -0.39 is 23.8 Å². The fourth-order valence-electron chi connectivity index (χ4n) is 4.89. The monoisotopic (exact) mass is 549 g/mol. The van der Waals surface area contributed by atoms with E-state index in [0.29, 0.717) is 29.3 Å².